The highest BCUT2D eigenvalue weighted by molar-refractivity contribution is 5.76. The molecule has 1 fully saturated rings. The SMILES string of the molecule is CC(C)(C)C1CCC(CC(=O)NCCOCC(=O)O)CC1. The Morgan fingerprint density at radius 3 is 2.33 bits per heavy atom. The molecule has 5 nitrogen and oxygen atoms in total. The van der Waals surface area contributed by atoms with Crippen LogP contribution in [-0.2, 0) is 14.3 Å². The van der Waals surface area contributed by atoms with Crippen LogP contribution in [-0.4, -0.2) is 36.7 Å². The maximum absolute atomic E-state index is 11.8. The second-order valence-electron chi connectivity index (χ2n) is 7.08. The number of carboxylic acid groups (broad SMARTS) is 1. The molecule has 0 aromatic carbocycles. The van der Waals surface area contributed by atoms with E-state index in [9.17, 15) is 9.59 Å². The summed E-state index contributed by atoms with van der Waals surface area (Å²) in [5, 5.41) is 11.2. The van der Waals surface area contributed by atoms with Gasteiger partial charge >= 0.3 is 5.97 Å². The number of ether oxygens (including phenoxy) is 1. The molecule has 0 bridgehead atoms. The summed E-state index contributed by atoms with van der Waals surface area (Å²) < 4.78 is 4.87. The predicted octanol–water partition coefficient (Wildman–Crippen LogP) is 2.45. The smallest absolute Gasteiger partial charge is 0.329 e. The average molecular weight is 299 g/mol. The van der Waals surface area contributed by atoms with Gasteiger partial charge in [-0.15, -0.1) is 0 Å². The summed E-state index contributed by atoms with van der Waals surface area (Å²) in [7, 11) is 0. The molecule has 21 heavy (non-hydrogen) atoms. The van der Waals surface area contributed by atoms with Gasteiger partial charge in [0, 0.05) is 13.0 Å². The molecule has 2 N–H and O–H groups in total. The monoisotopic (exact) mass is 299 g/mol. The van der Waals surface area contributed by atoms with Crippen molar-refractivity contribution in [1.29, 1.82) is 0 Å². The summed E-state index contributed by atoms with van der Waals surface area (Å²) >= 11 is 0. The van der Waals surface area contributed by atoms with Gasteiger partial charge in [-0.3, -0.25) is 4.79 Å². The number of hydrogen-bond donors (Lipinski definition) is 2. The Balaban J connectivity index is 2.12. The highest BCUT2D eigenvalue weighted by Gasteiger charge is 2.30. The predicted molar refractivity (Wildman–Crippen MR) is 81.0 cm³/mol. The number of hydrogen-bond acceptors (Lipinski definition) is 3. The third-order valence-electron chi connectivity index (χ3n) is 4.34. The first-order chi connectivity index (χ1) is 9.79. The van der Waals surface area contributed by atoms with Gasteiger partial charge < -0.3 is 15.2 Å². The number of nitrogens with one attached hydrogen (secondary N) is 1. The zero-order valence-electron chi connectivity index (χ0n) is 13.5. The van der Waals surface area contributed by atoms with Gasteiger partial charge in [0.05, 0.1) is 6.61 Å². The standard InChI is InChI=1S/C16H29NO4/c1-16(2,3)13-6-4-12(5-7-13)10-14(18)17-8-9-21-11-15(19)20/h12-13H,4-11H2,1-3H3,(H,17,18)(H,19,20). The molecule has 1 rings (SSSR count). The maximum Gasteiger partial charge on any atom is 0.329 e. The molecule has 0 aliphatic heterocycles. The molecule has 0 atom stereocenters. The summed E-state index contributed by atoms with van der Waals surface area (Å²) in [5.41, 5.74) is 0.370. The molecule has 5 heteroatoms. The molecule has 0 aromatic rings. The lowest BCUT2D eigenvalue weighted by molar-refractivity contribution is -0.142. The molecular weight excluding hydrogens is 270 g/mol. The number of carbonyl (C=O) groups excluding carboxylic acids is 1. The van der Waals surface area contributed by atoms with Crippen LogP contribution in [0.5, 0.6) is 0 Å². The Labute approximate surface area is 127 Å². The molecule has 0 heterocycles. The Hall–Kier alpha value is -1.10. The molecule has 0 aromatic heterocycles. The van der Waals surface area contributed by atoms with Crippen molar-refractivity contribution in [3.8, 4) is 0 Å². The molecule has 1 amide bonds. The van der Waals surface area contributed by atoms with Crippen LogP contribution in [0.3, 0.4) is 0 Å². The first-order valence-electron chi connectivity index (χ1n) is 7.85. The number of amides is 1. The lowest BCUT2D eigenvalue weighted by Crippen LogP contribution is -2.31. The van der Waals surface area contributed by atoms with Crippen LogP contribution < -0.4 is 5.32 Å². The van der Waals surface area contributed by atoms with Gasteiger partial charge in [0.15, 0.2) is 0 Å². The molecule has 122 valence electrons. The van der Waals surface area contributed by atoms with E-state index in [1.54, 1.807) is 0 Å². The van der Waals surface area contributed by atoms with Crippen molar-refractivity contribution >= 4 is 11.9 Å². The molecule has 0 spiro atoms. The minimum Gasteiger partial charge on any atom is -0.480 e. The van der Waals surface area contributed by atoms with E-state index in [-0.39, 0.29) is 19.1 Å². The van der Waals surface area contributed by atoms with Crippen molar-refractivity contribution in [2.75, 3.05) is 19.8 Å². The first kappa shape index (κ1) is 18.0. The minimum absolute atomic E-state index is 0.0492. The van der Waals surface area contributed by atoms with E-state index in [0.29, 0.717) is 24.3 Å². The summed E-state index contributed by atoms with van der Waals surface area (Å²) in [6.45, 7) is 7.19. The van der Waals surface area contributed by atoms with Crippen molar-refractivity contribution in [3.05, 3.63) is 0 Å². The third-order valence-corrected chi connectivity index (χ3v) is 4.34. The second kappa shape index (κ2) is 8.37. The zero-order valence-corrected chi connectivity index (χ0v) is 13.5. The summed E-state index contributed by atoms with van der Waals surface area (Å²) in [6, 6.07) is 0. The van der Waals surface area contributed by atoms with Gasteiger partial charge in [-0.2, -0.15) is 0 Å². The molecule has 0 radical (unpaired) electrons. The largest absolute Gasteiger partial charge is 0.480 e. The third kappa shape index (κ3) is 7.46. The van der Waals surface area contributed by atoms with Gasteiger partial charge in [0.25, 0.3) is 0 Å². The van der Waals surface area contributed by atoms with Crippen molar-refractivity contribution in [2.45, 2.75) is 52.9 Å². The van der Waals surface area contributed by atoms with Gasteiger partial charge in [-0.05, 0) is 42.9 Å². The summed E-state index contributed by atoms with van der Waals surface area (Å²) in [6.07, 6.45) is 5.26. The number of aliphatic carboxylic acids is 1. The zero-order chi connectivity index (χ0) is 15.9. The Kier molecular flexibility index (Phi) is 7.15. The number of carboxylic acids is 1. The Morgan fingerprint density at radius 2 is 1.81 bits per heavy atom. The fourth-order valence-corrected chi connectivity index (χ4v) is 2.99. The van der Waals surface area contributed by atoms with Crippen molar-refractivity contribution < 1.29 is 19.4 Å². The number of rotatable bonds is 7. The van der Waals surface area contributed by atoms with E-state index in [2.05, 4.69) is 26.1 Å². The molecule has 0 saturated heterocycles. The molecule has 0 unspecified atom stereocenters. The molecule has 1 saturated carbocycles. The lowest BCUT2D eigenvalue weighted by atomic mass is 9.69. The van der Waals surface area contributed by atoms with Gasteiger partial charge in [0.1, 0.15) is 6.61 Å². The Bertz CT molecular complexity index is 341. The van der Waals surface area contributed by atoms with Crippen LogP contribution in [0.1, 0.15) is 52.9 Å². The lowest BCUT2D eigenvalue weighted by Gasteiger charge is -2.36. The minimum atomic E-state index is -0.989. The van der Waals surface area contributed by atoms with E-state index in [1.165, 1.54) is 12.8 Å². The van der Waals surface area contributed by atoms with Crippen molar-refractivity contribution in [3.63, 3.8) is 0 Å². The Morgan fingerprint density at radius 1 is 1.19 bits per heavy atom. The molecule has 1 aliphatic carbocycles. The number of carbonyl (C=O) groups is 2. The fraction of sp³-hybridized carbons (Fsp3) is 0.875. The summed E-state index contributed by atoms with van der Waals surface area (Å²) in [4.78, 5) is 22.0. The van der Waals surface area contributed by atoms with E-state index >= 15 is 0 Å². The highest BCUT2D eigenvalue weighted by Crippen LogP contribution is 2.40. The fourth-order valence-electron chi connectivity index (χ4n) is 2.99. The average Bonchev–Trinajstić information content (AvgIpc) is 2.37. The van der Waals surface area contributed by atoms with Crippen LogP contribution in [0.15, 0.2) is 0 Å². The van der Waals surface area contributed by atoms with Gasteiger partial charge in [0.2, 0.25) is 5.91 Å². The van der Waals surface area contributed by atoms with Gasteiger partial charge in [-0.25, -0.2) is 4.79 Å². The van der Waals surface area contributed by atoms with Gasteiger partial charge in [-0.1, -0.05) is 20.8 Å². The highest BCUT2D eigenvalue weighted by atomic mass is 16.5. The van der Waals surface area contributed by atoms with E-state index in [1.807, 2.05) is 0 Å². The second-order valence-corrected chi connectivity index (χ2v) is 7.08. The van der Waals surface area contributed by atoms with Crippen molar-refractivity contribution in [1.82, 2.24) is 5.32 Å². The van der Waals surface area contributed by atoms with Crippen LogP contribution >= 0.6 is 0 Å². The van der Waals surface area contributed by atoms with Crippen LogP contribution in [0, 0.1) is 17.3 Å². The topological polar surface area (TPSA) is 75.6 Å². The summed E-state index contributed by atoms with van der Waals surface area (Å²) in [5.74, 6) is 0.315. The van der Waals surface area contributed by atoms with E-state index in [0.717, 1.165) is 18.8 Å². The maximum atomic E-state index is 11.8. The normalized spacial score (nSPS) is 22.8. The van der Waals surface area contributed by atoms with Crippen LogP contribution in [0.25, 0.3) is 0 Å². The van der Waals surface area contributed by atoms with Crippen LogP contribution in [0.2, 0.25) is 0 Å². The van der Waals surface area contributed by atoms with Crippen molar-refractivity contribution in [2.24, 2.45) is 17.3 Å². The first-order valence-corrected chi connectivity index (χ1v) is 7.85. The molecular formula is C16H29NO4. The molecule has 1 aliphatic rings. The van der Waals surface area contributed by atoms with E-state index < -0.39 is 5.97 Å². The van der Waals surface area contributed by atoms with E-state index in [4.69, 9.17) is 9.84 Å². The van der Waals surface area contributed by atoms with Crippen LogP contribution in [0.4, 0.5) is 0 Å². The quantitative estimate of drug-likeness (QED) is 0.708.